The predicted octanol–water partition coefficient (Wildman–Crippen LogP) is 3.59. The first-order chi connectivity index (χ1) is 11.6. The summed E-state index contributed by atoms with van der Waals surface area (Å²) < 4.78 is 1.64. The van der Waals surface area contributed by atoms with Crippen LogP contribution in [0.4, 0.5) is 0 Å². The molecule has 0 spiro atoms. The van der Waals surface area contributed by atoms with Gasteiger partial charge in [-0.15, -0.1) is 11.3 Å². The fourth-order valence-corrected chi connectivity index (χ4v) is 3.20. The van der Waals surface area contributed by atoms with E-state index in [2.05, 4.69) is 15.6 Å². The first-order valence-electron chi connectivity index (χ1n) is 7.30. The molecule has 24 heavy (non-hydrogen) atoms. The van der Waals surface area contributed by atoms with Crippen LogP contribution in [0.3, 0.4) is 0 Å². The van der Waals surface area contributed by atoms with Crippen LogP contribution in [0.5, 0.6) is 0 Å². The third-order valence-corrected chi connectivity index (χ3v) is 4.59. The van der Waals surface area contributed by atoms with Crippen LogP contribution in [0, 0.1) is 6.92 Å². The summed E-state index contributed by atoms with van der Waals surface area (Å²) >= 11 is 7.93. The first kappa shape index (κ1) is 16.4. The van der Waals surface area contributed by atoms with Gasteiger partial charge in [0.05, 0.1) is 29.6 Å². The number of hydrogen-bond acceptors (Lipinski definition) is 4. The van der Waals surface area contributed by atoms with Crippen molar-refractivity contribution in [2.75, 3.05) is 0 Å². The number of aryl methyl sites for hydroxylation is 1. The lowest BCUT2D eigenvalue weighted by atomic mass is 10.3. The Balaban J connectivity index is 1.71. The molecule has 2 aromatic heterocycles. The normalized spacial score (nSPS) is 11.1. The average molecular weight is 359 g/mol. The molecule has 2 heterocycles. The number of rotatable bonds is 5. The second-order valence-electron chi connectivity index (χ2n) is 5.09. The Morgan fingerprint density at radius 1 is 1.33 bits per heavy atom. The summed E-state index contributed by atoms with van der Waals surface area (Å²) in [5, 5.41) is 10.8. The molecule has 0 saturated heterocycles. The van der Waals surface area contributed by atoms with E-state index in [0.29, 0.717) is 17.1 Å². The van der Waals surface area contributed by atoms with Crippen LogP contribution in [-0.2, 0) is 11.2 Å². The summed E-state index contributed by atoms with van der Waals surface area (Å²) in [5.41, 5.74) is 4.80. The summed E-state index contributed by atoms with van der Waals surface area (Å²) in [6, 6.07) is 13.4. The molecule has 0 aliphatic carbocycles. The van der Waals surface area contributed by atoms with Crippen molar-refractivity contribution in [3.05, 3.63) is 69.1 Å². The fourth-order valence-electron chi connectivity index (χ4n) is 2.18. The zero-order valence-electron chi connectivity index (χ0n) is 12.9. The molecule has 3 rings (SSSR count). The van der Waals surface area contributed by atoms with Crippen molar-refractivity contribution in [1.82, 2.24) is 15.2 Å². The Hall–Kier alpha value is -2.44. The SMILES string of the molecule is Cc1nn(-c2ccccc2)c(Cl)c1/C=N/NC(=O)Cc1cccs1. The first-order valence-corrected chi connectivity index (χ1v) is 8.55. The third kappa shape index (κ3) is 3.72. The van der Waals surface area contributed by atoms with Crippen LogP contribution >= 0.6 is 22.9 Å². The van der Waals surface area contributed by atoms with Crippen molar-refractivity contribution in [2.45, 2.75) is 13.3 Å². The number of hydrazone groups is 1. The highest BCUT2D eigenvalue weighted by Crippen LogP contribution is 2.21. The van der Waals surface area contributed by atoms with Gasteiger partial charge in [0.1, 0.15) is 5.15 Å². The molecular formula is C17H15ClN4OS. The molecule has 0 bridgehead atoms. The Labute approximate surface area is 148 Å². The maximum atomic E-state index is 11.8. The number of hydrogen-bond donors (Lipinski definition) is 1. The van der Waals surface area contributed by atoms with Crippen LogP contribution in [0.1, 0.15) is 16.1 Å². The third-order valence-electron chi connectivity index (χ3n) is 3.35. The second-order valence-corrected chi connectivity index (χ2v) is 6.48. The Morgan fingerprint density at radius 3 is 2.83 bits per heavy atom. The fraction of sp³-hybridized carbons (Fsp3) is 0.118. The molecule has 0 saturated carbocycles. The Kier molecular flexibility index (Phi) is 5.08. The molecule has 5 nitrogen and oxygen atoms in total. The smallest absolute Gasteiger partial charge is 0.245 e. The van der Waals surface area contributed by atoms with E-state index in [4.69, 9.17) is 11.6 Å². The topological polar surface area (TPSA) is 59.3 Å². The Morgan fingerprint density at radius 2 is 2.12 bits per heavy atom. The number of nitrogens with one attached hydrogen (secondary N) is 1. The van der Waals surface area contributed by atoms with E-state index in [1.54, 1.807) is 4.68 Å². The zero-order valence-corrected chi connectivity index (χ0v) is 14.5. The molecule has 0 radical (unpaired) electrons. The number of thiophene rings is 1. The summed E-state index contributed by atoms with van der Waals surface area (Å²) in [7, 11) is 0. The molecule has 1 N–H and O–H groups in total. The highest BCUT2D eigenvalue weighted by Gasteiger charge is 2.13. The summed E-state index contributed by atoms with van der Waals surface area (Å²) in [4.78, 5) is 12.8. The van der Waals surface area contributed by atoms with E-state index >= 15 is 0 Å². The van der Waals surface area contributed by atoms with Gasteiger partial charge in [-0.05, 0) is 30.5 Å². The molecule has 0 atom stereocenters. The van der Waals surface area contributed by atoms with E-state index in [0.717, 1.165) is 16.3 Å². The van der Waals surface area contributed by atoms with Crippen molar-refractivity contribution in [1.29, 1.82) is 0 Å². The monoisotopic (exact) mass is 358 g/mol. The van der Waals surface area contributed by atoms with E-state index in [9.17, 15) is 4.79 Å². The van der Waals surface area contributed by atoms with Gasteiger partial charge >= 0.3 is 0 Å². The van der Waals surface area contributed by atoms with Crippen molar-refractivity contribution < 1.29 is 4.79 Å². The van der Waals surface area contributed by atoms with Crippen molar-refractivity contribution >= 4 is 35.1 Å². The molecule has 0 fully saturated rings. The van der Waals surface area contributed by atoms with Crippen LogP contribution in [0.2, 0.25) is 5.15 Å². The number of benzene rings is 1. The molecule has 122 valence electrons. The van der Waals surface area contributed by atoms with Gasteiger partial charge in [0.2, 0.25) is 5.91 Å². The van der Waals surface area contributed by atoms with Gasteiger partial charge < -0.3 is 0 Å². The van der Waals surface area contributed by atoms with Gasteiger partial charge in [0.15, 0.2) is 0 Å². The Bertz CT molecular complexity index is 856. The number of para-hydroxylation sites is 1. The number of aromatic nitrogens is 2. The van der Waals surface area contributed by atoms with Crippen molar-refractivity contribution in [2.24, 2.45) is 5.10 Å². The van der Waals surface area contributed by atoms with Crippen LogP contribution in [-0.4, -0.2) is 21.9 Å². The molecule has 7 heteroatoms. The van der Waals surface area contributed by atoms with E-state index in [1.165, 1.54) is 17.6 Å². The minimum absolute atomic E-state index is 0.169. The van der Waals surface area contributed by atoms with Crippen molar-refractivity contribution in [3.8, 4) is 5.69 Å². The number of carbonyl (C=O) groups excluding carboxylic acids is 1. The number of nitrogens with zero attached hydrogens (tertiary/aromatic N) is 3. The quantitative estimate of drug-likeness (QED) is 0.559. The summed E-state index contributed by atoms with van der Waals surface area (Å²) in [6.07, 6.45) is 1.83. The summed E-state index contributed by atoms with van der Waals surface area (Å²) in [5.74, 6) is -0.169. The maximum Gasteiger partial charge on any atom is 0.245 e. The lowest BCUT2D eigenvalue weighted by Crippen LogP contribution is -2.19. The number of halogens is 1. The highest BCUT2D eigenvalue weighted by molar-refractivity contribution is 7.10. The van der Waals surface area contributed by atoms with Gasteiger partial charge in [-0.25, -0.2) is 10.1 Å². The van der Waals surface area contributed by atoms with Crippen LogP contribution in [0.15, 0.2) is 52.9 Å². The van der Waals surface area contributed by atoms with Crippen molar-refractivity contribution in [3.63, 3.8) is 0 Å². The molecule has 0 aliphatic heterocycles. The molecule has 0 aliphatic rings. The average Bonchev–Trinajstić information content (AvgIpc) is 3.18. The minimum atomic E-state index is -0.169. The minimum Gasteiger partial charge on any atom is -0.273 e. The summed E-state index contributed by atoms with van der Waals surface area (Å²) in [6.45, 7) is 1.85. The van der Waals surface area contributed by atoms with Gasteiger partial charge in [-0.2, -0.15) is 10.2 Å². The number of amides is 1. The van der Waals surface area contributed by atoms with E-state index < -0.39 is 0 Å². The molecule has 3 aromatic rings. The maximum absolute atomic E-state index is 11.8. The zero-order chi connectivity index (χ0) is 16.9. The number of carbonyl (C=O) groups is 1. The molecule has 0 unspecified atom stereocenters. The van der Waals surface area contributed by atoms with Gasteiger partial charge in [-0.1, -0.05) is 35.9 Å². The lowest BCUT2D eigenvalue weighted by molar-refractivity contribution is -0.120. The molecule has 1 aromatic carbocycles. The van der Waals surface area contributed by atoms with E-state index in [-0.39, 0.29) is 5.91 Å². The largest absolute Gasteiger partial charge is 0.273 e. The lowest BCUT2D eigenvalue weighted by Gasteiger charge is -2.01. The van der Waals surface area contributed by atoms with Gasteiger partial charge in [0.25, 0.3) is 0 Å². The second kappa shape index (κ2) is 7.42. The van der Waals surface area contributed by atoms with Gasteiger partial charge in [-0.3, -0.25) is 4.79 Å². The predicted molar refractivity (Wildman–Crippen MR) is 97.1 cm³/mol. The standard InChI is InChI=1S/C17H15ClN4OS/c1-12-15(11-19-20-16(23)10-14-8-5-9-24-14)17(18)22(21-12)13-6-3-2-4-7-13/h2-9,11H,10H2,1H3,(H,20,23)/b19-11+. The van der Waals surface area contributed by atoms with Crippen LogP contribution < -0.4 is 5.43 Å². The molecular weight excluding hydrogens is 344 g/mol. The van der Waals surface area contributed by atoms with Gasteiger partial charge in [0, 0.05) is 4.88 Å². The molecule has 1 amide bonds. The van der Waals surface area contributed by atoms with E-state index in [1.807, 2.05) is 54.8 Å². The highest BCUT2D eigenvalue weighted by atomic mass is 35.5. The van der Waals surface area contributed by atoms with Crippen LogP contribution in [0.25, 0.3) is 5.69 Å².